The van der Waals surface area contributed by atoms with Gasteiger partial charge in [0, 0.05) is 5.92 Å². The summed E-state index contributed by atoms with van der Waals surface area (Å²) in [5.74, 6) is 0.335. The maximum Gasteiger partial charge on any atom is 0.307 e. The fourth-order valence-corrected chi connectivity index (χ4v) is 2.66. The van der Waals surface area contributed by atoms with Crippen LogP contribution in [0.4, 0.5) is 0 Å². The summed E-state index contributed by atoms with van der Waals surface area (Å²) in [6, 6.07) is 6.94. The third-order valence-electron chi connectivity index (χ3n) is 4.07. The third-order valence-corrected chi connectivity index (χ3v) is 4.07. The van der Waals surface area contributed by atoms with Crippen LogP contribution in [0.25, 0.3) is 0 Å². The van der Waals surface area contributed by atoms with Crippen LogP contribution >= 0.6 is 0 Å². The minimum atomic E-state index is -0.397. The van der Waals surface area contributed by atoms with Gasteiger partial charge in [0.2, 0.25) is 5.91 Å². The number of allylic oxidation sites excluding steroid dienone is 2. The van der Waals surface area contributed by atoms with Crippen molar-refractivity contribution >= 4 is 11.9 Å². The van der Waals surface area contributed by atoms with Gasteiger partial charge >= 0.3 is 5.97 Å². The molecular formula is C18H23NO4. The van der Waals surface area contributed by atoms with Gasteiger partial charge in [0.25, 0.3) is 0 Å². The van der Waals surface area contributed by atoms with Crippen molar-refractivity contribution in [2.45, 2.75) is 31.7 Å². The van der Waals surface area contributed by atoms with Crippen LogP contribution in [-0.4, -0.2) is 26.1 Å². The van der Waals surface area contributed by atoms with Gasteiger partial charge in [0.15, 0.2) is 0 Å². The van der Waals surface area contributed by atoms with Crippen LogP contribution in [0.5, 0.6) is 5.75 Å². The molecule has 0 aliphatic heterocycles. The van der Waals surface area contributed by atoms with Crippen LogP contribution in [0.1, 0.15) is 37.3 Å². The number of amides is 1. The Hall–Kier alpha value is -2.30. The van der Waals surface area contributed by atoms with Crippen LogP contribution in [0, 0.1) is 5.92 Å². The number of nitrogens with one attached hydrogen (secondary N) is 1. The number of carbonyl (C=O) groups is 2. The minimum Gasteiger partial charge on any atom is -0.497 e. The van der Waals surface area contributed by atoms with Gasteiger partial charge in [-0.05, 0) is 37.0 Å². The van der Waals surface area contributed by atoms with E-state index in [0.717, 1.165) is 30.6 Å². The molecule has 23 heavy (non-hydrogen) atoms. The highest BCUT2D eigenvalue weighted by atomic mass is 16.5. The second-order valence-electron chi connectivity index (χ2n) is 5.60. The van der Waals surface area contributed by atoms with E-state index >= 15 is 0 Å². The lowest BCUT2D eigenvalue weighted by atomic mass is 9.92. The molecule has 1 aliphatic carbocycles. The molecule has 5 nitrogen and oxygen atoms in total. The molecule has 0 saturated heterocycles. The van der Waals surface area contributed by atoms with E-state index in [9.17, 15) is 9.59 Å². The molecule has 0 radical (unpaired) electrons. The Kier molecular flexibility index (Phi) is 6.20. The zero-order valence-corrected chi connectivity index (χ0v) is 13.6. The van der Waals surface area contributed by atoms with Crippen LogP contribution in [0.2, 0.25) is 0 Å². The Balaban J connectivity index is 2.10. The zero-order valence-electron chi connectivity index (χ0n) is 13.6. The highest BCUT2D eigenvalue weighted by molar-refractivity contribution is 5.80. The maximum absolute atomic E-state index is 12.5. The number of methoxy groups -OCH3 is 2. The normalized spacial score (nSPS) is 18.1. The average molecular weight is 317 g/mol. The van der Waals surface area contributed by atoms with Crippen LogP contribution < -0.4 is 10.1 Å². The van der Waals surface area contributed by atoms with Gasteiger partial charge in [-0.25, -0.2) is 0 Å². The topological polar surface area (TPSA) is 64.6 Å². The van der Waals surface area contributed by atoms with Crippen molar-refractivity contribution in [2.75, 3.05) is 14.2 Å². The molecular weight excluding hydrogens is 294 g/mol. The summed E-state index contributed by atoms with van der Waals surface area (Å²) in [5.41, 5.74) is 0.857. The second-order valence-corrected chi connectivity index (χ2v) is 5.60. The summed E-state index contributed by atoms with van der Waals surface area (Å²) in [6.45, 7) is 0. The number of benzene rings is 1. The number of esters is 1. The summed E-state index contributed by atoms with van der Waals surface area (Å²) in [5, 5.41) is 2.99. The molecule has 0 spiro atoms. The minimum absolute atomic E-state index is 0.0147. The Morgan fingerprint density at radius 3 is 2.52 bits per heavy atom. The molecule has 0 saturated carbocycles. The predicted octanol–water partition coefficient (Wildman–Crippen LogP) is 2.77. The molecule has 0 aromatic heterocycles. The van der Waals surface area contributed by atoms with Crippen LogP contribution in [0.3, 0.4) is 0 Å². The largest absolute Gasteiger partial charge is 0.497 e. The van der Waals surface area contributed by atoms with Crippen molar-refractivity contribution in [1.29, 1.82) is 0 Å². The van der Waals surface area contributed by atoms with Gasteiger partial charge in [-0.15, -0.1) is 0 Å². The van der Waals surface area contributed by atoms with Gasteiger partial charge in [0.05, 0.1) is 26.7 Å². The van der Waals surface area contributed by atoms with E-state index in [4.69, 9.17) is 9.47 Å². The first-order valence-electron chi connectivity index (χ1n) is 7.80. The SMILES string of the molecule is COC(=O)CC(NC(=O)C1CC=CCC1)c1ccc(OC)cc1. The molecule has 1 aliphatic rings. The molecule has 1 aromatic rings. The van der Waals surface area contributed by atoms with Crippen LogP contribution in [-0.2, 0) is 14.3 Å². The molecule has 0 heterocycles. The van der Waals surface area contributed by atoms with E-state index < -0.39 is 6.04 Å². The highest BCUT2D eigenvalue weighted by Crippen LogP contribution is 2.24. The lowest BCUT2D eigenvalue weighted by Crippen LogP contribution is -2.35. The third kappa shape index (κ3) is 4.84. The summed E-state index contributed by atoms with van der Waals surface area (Å²) < 4.78 is 9.89. The number of hydrogen-bond acceptors (Lipinski definition) is 4. The summed E-state index contributed by atoms with van der Waals surface area (Å²) in [4.78, 5) is 24.1. The van der Waals surface area contributed by atoms with E-state index in [2.05, 4.69) is 11.4 Å². The Bertz CT molecular complexity index is 565. The monoisotopic (exact) mass is 317 g/mol. The van der Waals surface area contributed by atoms with Gasteiger partial charge < -0.3 is 14.8 Å². The molecule has 5 heteroatoms. The van der Waals surface area contributed by atoms with E-state index in [-0.39, 0.29) is 24.2 Å². The standard InChI is InChI=1S/C18H23NO4/c1-22-15-10-8-13(9-11-15)16(12-17(20)23-2)19-18(21)14-6-4-3-5-7-14/h3-4,8-11,14,16H,5-7,12H2,1-2H3,(H,19,21). The van der Waals surface area contributed by atoms with E-state index in [0.29, 0.717) is 0 Å². The lowest BCUT2D eigenvalue weighted by Gasteiger charge is -2.23. The second kappa shape index (κ2) is 8.36. The quantitative estimate of drug-likeness (QED) is 0.647. The van der Waals surface area contributed by atoms with Crippen molar-refractivity contribution in [1.82, 2.24) is 5.32 Å². The first kappa shape index (κ1) is 17.1. The molecule has 0 bridgehead atoms. The maximum atomic E-state index is 12.5. The molecule has 2 rings (SSSR count). The summed E-state index contributed by atoms with van der Waals surface area (Å²) >= 11 is 0. The predicted molar refractivity (Wildman–Crippen MR) is 87.0 cm³/mol. The first-order chi connectivity index (χ1) is 11.1. The molecule has 0 fully saturated rings. The number of rotatable bonds is 6. The van der Waals surface area contributed by atoms with Gasteiger partial charge in [-0.3, -0.25) is 9.59 Å². The van der Waals surface area contributed by atoms with E-state index in [1.807, 2.05) is 30.3 Å². The fourth-order valence-electron chi connectivity index (χ4n) is 2.66. The number of carbonyl (C=O) groups excluding carboxylic acids is 2. The molecule has 2 unspecified atom stereocenters. The number of hydrogen-bond donors (Lipinski definition) is 1. The Morgan fingerprint density at radius 2 is 1.96 bits per heavy atom. The molecule has 124 valence electrons. The highest BCUT2D eigenvalue weighted by Gasteiger charge is 2.24. The Morgan fingerprint density at radius 1 is 1.22 bits per heavy atom. The van der Waals surface area contributed by atoms with Gasteiger partial charge in [-0.2, -0.15) is 0 Å². The first-order valence-corrected chi connectivity index (χ1v) is 7.80. The van der Waals surface area contributed by atoms with Crippen molar-refractivity contribution in [3.63, 3.8) is 0 Å². The fraction of sp³-hybridized carbons (Fsp3) is 0.444. The van der Waals surface area contributed by atoms with Crippen molar-refractivity contribution in [3.8, 4) is 5.75 Å². The summed E-state index contributed by atoms with van der Waals surface area (Å²) in [7, 11) is 2.94. The lowest BCUT2D eigenvalue weighted by molar-refractivity contribution is -0.141. The van der Waals surface area contributed by atoms with Gasteiger partial charge in [-0.1, -0.05) is 24.3 Å². The van der Waals surface area contributed by atoms with Gasteiger partial charge in [0.1, 0.15) is 5.75 Å². The van der Waals surface area contributed by atoms with Crippen molar-refractivity contribution in [2.24, 2.45) is 5.92 Å². The van der Waals surface area contributed by atoms with E-state index in [1.165, 1.54) is 7.11 Å². The number of ether oxygens (including phenoxy) is 2. The molecule has 1 aromatic carbocycles. The van der Waals surface area contributed by atoms with Crippen LogP contribution in [0.15, 0.2) is 36.4 Å². The van der Waals surface area contributed by atoms with Crippen molar-refractivity contribution in [3.05, 3.63) is 42.0 Å². The smallest absolute Gasteiger partial charge is 0.307 e. The zero-order chi connectivity index (χ0) is 16.7. The molecule has 1 amide bonds. The van der Waals surface area contributed by atoms with Crippen molar-refractivity contribution < 1.29 is 19.1 Å². The molecule has 1 N–H and O–H groups in total. The summed E-state index contributed by atoms with van der Waals surface area (Å²) in [6.07, 6.45) is 6.75. The average Bonchev–Trinajstić information content (AvgIpc) is 2.61. The van der Waals surface area contributed by atoms with E-state index in [1.54, 1.807) is 7.11 Å². The molecule has 2 atom stereocenters. The Labute approximate surface area is 136 Å².